The minimum atomic E-state index is -0.526. The molecule has 0 saturated heterocycles. The Hall–Kier alpha value is -4.59. The minimum Gasteiger partial charge on any atom is -0.486 e. The maximum Gasteiger partial charge on any atom is 0.357 e. The lowest BCUT2D eigenvalue weighted by Crippen LogP contribution is -2.11. The third-order valence-electron chi connectivity index (χ3n) is 5.09. The molecule has 34 heavy (non-hydrogen) atoms. The second kappa shape index (κ2) is 10.4. The Balaban J connectivity index is 1.51. The van der Waals surface area contributed by atoms with Crippen LogP contribution < -0.4 is 10.1 Å². The molecule has 0 aliphatic rings. The molecular formula is C26H23N5O3. The standard InChI is InChI=1S/C26H23N5O3/c1-28-15-21(17-11-13-29-14-12-17)24(27)18-7-9-19(10-8-18)34-16-23-30-22-6-4-3-5-20(22)25(31-23)26(32)33-2/h3-15,27-28H,16H2,1-2H3/b21-15-,27-24?. The number of nitrogens with zero attached hydrogens (tertiary/aromatic N) is 3. The minimum absolute atomic E-state index is 0.0769. The number of hydrogen-bond acceptors (Lipinski definition) is 8. The predicted octanol–water partition coefficient (Wildman–Crippen LogP) is 4.02. The van der Waals surface area contributed by atoms with Gasteiger partial charge < -0.3 is 14.8 Å². The molecule has 0 radical (unpaired) electrons. The molecule has 2 aromatic heterocycles. The van der Waals surface area contributed by atoms with Crippen molar-refractivity contribution in [1.82, 2.24) is 20.3 Å². The molecule has 0 bridgehead atoms. The number of allylic oxidation sites excluding steroid dienone is 1. The molecule has 0 aliphatic heterocycles. The first-order valence-electron chi connectivity index (χ1n) is 10.5. The van der Waals surface area contributed by atoms with Gasteiger partial charge in [0.25, 0.3) is 0 Å². The van der Waals surface area contributed by atoms with Crippen LogP contribution in [-0.4, -0.2) is 40.8 Å². The van der Waals surface area contributed by atoms with E-state index in [9.17, 15) is 4.79 Å². The van der Waals surface area contributed by atoms with E-state index in [0.717, 1.165) is 16.7 Å². The summed E-state index contributed by atoms with van der Waals surface area (Å²) in [5.41, 5.74) is 3.59. The molecule has 0 amide bonds. The first kappa shape index (κ1) is 22.6. The Morgan fingerprint density at radius 2 is 1.74 bits per heavy atom. The van der Waals surface area contributed by atoms with Gasteiger partial charge in [0, 0.05) is 42.2 Å². The summed E-state index contributed by atoms with van der Waals surface area (Å²) in [6.07, 6.45) is 5.19. The Morgan fingerprint density at radius 1 is 1.00 bits per heavy atom. The van der Waals surface area contributed by atoms with E-state index >= 15 is 0 Å². The summed E-state index contributed by atoms with van der Waals surface area (Å²) in [5.74, 6) is 0.436. The fraction of sp³-hybridized carbons (Fsp3) is 0.115. The second-order valence-electron chi connectivity index (χ2n) is 7.27. The fourth-order valence-electron chi connectivity index (χ4n) is 3.44. The van der Waals surface area contributed by atoms with Crippen LogP contribution in [0, 0.1) is 5.41 Å². The van der Waals surface area contributed by atoms with E-state index in [2.05, 4.69) is 20.3 Å². The summed E-state index contributed by atoms with van der Waals surface area (Å²) in [5, 5.41) is 12.3. The number of nitrogens with one attached hydrogen (secondary N) is 2. The van der Waals surface area contributed by atoms with Gasteiger partial charge in [0.05, 0.1) is 18.3 Å². The molecule has 8 nitrogen and oxygen atoms in total. The van der Waals surface area contributed by atoms with E-state index in [1.165, 1.54) is 7.11 Å². The molecule has 0 atom stereocenters. The number of carbonyl (C=O) groups excluding carboxylic acids is 1. The molecule has 170 valence electrons. The zero-order valence-corrected chi connectivity index (χ0v) is 18.8. The highest BCUT2D eigenvalue weighted by Crippen LogP contribution is 2.22. The van der Waals surface area contributed by atoms with Crippen LogP contribution in [-0.2, 0) is 11.3 Å². The molecule has 2 heterocycles. The number of aromatic nitrogens is 3. The van der Waals surface area contributed by atoms with Crippen LogP contribution in [0.2, 0.25) is 0 Å². The molecule has 2 N–H and O–H groups in total. The summed E-state index contributed by atoms with van der Waals surface area (Å²) < 4.78 is 10.7. The number of hydrogen-bond donors (Lipinski definition) is 2. The van der Waals surface area contributed by atoms with Crippen molar-refractivity contribution in [3.8, 4) is 5.75 Å². The van der Waals surface area contributed by atoms with Crippen molar-refractivity contribution in [2.75, 3.05) is 14.2 Å². The first-order valence-corrected chi connectivity index (χ1v) is 10.5. The lowest BCUT2D eigenvalue weighted by Gasteiger charge is -2.12. The summed E-state index contributed by atoms with van der Waals surface area (Å²) in [4.78, 5) is 25.1. The monoisotopic (exact) mass is 453 g/mol. The quantitative estimate of drug-likeness (QED) is 0.306. The number of esters is 1. The van der Waals surface area contributed by atoms with Crippen molar-refractivity contribution in [3.05, 3.63) is 102 Å². The van der Waals surface area contributed by atoms with Crippen LogP contribution in [0.15, 0.2) is 79.3 Å². The number of methoxy groups -OCH3 is 1. The van der Waals surface area contributed by atoms with Crippen LogP contribution in [0.4, 0.5) is 0 Å². The van der Waals surface area contributed by atoms with Gasteiger partial charge in [-0.1, -0.05) is 18.2 Å². The van der Waals surface area contributed by atoms with Crippen LogP contribution >= 0.6 is 0 Å². The van der Waals surface area contributed by atoms with Gasteiger partial charge in [-0.05, 0) is 48.0 Å². The zero-order valence-electron chi connectivity index (χ0n) is 18.8. The van der Waals surface area contributed by atoms with Crippen molar-refractivity contribution >= 4 is 28.2 Å². The summed E-state index contributed by atoms with van der Waals surface area (Å²) in [7, 11) is 3.12. The maximum atomic E-state index is 12.2. The lowest BCUT2D eigenvalue weighted by atomic mass is 9.97. The van der Waals surface area contributed by atoms with Gasteiger partial charge in [-0.3, -0.25) is 10.4 Å². The van der Waals surface area contributed by atoms with Crippen LogP contribution in [0.5, 0.6) is 5.75 Å². The van der Waals surface area contributed by atoms with Crippen molar-refractivity contribution < 1.29 is 14.3 Å². The molecule has 0 spiro atoms. The van der Waals surface area contributed by atoms with Crippen molar-refractivity contribution in [2.24, 2.45) is 0 Å². The summed E-state index contributed by atoms with van der Waals surface area (Å²) >= 11 is 0. The lowest BCUT2D eigenvalue weighted by molar-refractivity contribution is 0.0595. The van der Waals surface area contributed by atoms with Gasteiger partial charge in [-0.15, -0.1) is 0 Å². The number of ether oxygens (including phenoxy) is 2. The van der Waals surface area contributed by atoms with E-state index in [1.54, 1.807) is 43.8 Å². The molecule has 8 heteroatoms. The van der Waals surface area contributed by atoms with E-state index < -0.39 is 5.97 Å². The summed E-state index contributed by atoms with van der Waals surface area (Å²) in [6.45, 7) is 0.0769. The van der Waals surface area contributed by atoms with Crippen molar-refractivity contribution in [1.29, 1.82) is 5.41 Å². The summed E-state index contributed by atoms with van der Waals surface area (Å²) in [6, 6.07) is 18.2. The number of rotatable bonds is 8. The Kier molecular flexibility index (Phi) is 6.88. The van der Waals surface area contributed by atoms with Crippen LogP contribution in [0.1, 0.15) is 27.4 Å². The molecule has 2 aromatic carbocycles. The third kappa shape index (κ3) is 4.91. The van der Waals surface area contributed by atoms with Gasteiger partial charge >= 0.3 is 5.97 Å². The normalized spacial score (nSPS) is 11.2. The molecule has 4 rings (SSSR count). The molecule has 4 aromatic rings. The molecule has 0 fully saturated rings. The highest BCUT2D eigenvalue weighted by molar-refractivity contribution is 6.30. The van der Waals surface area contributed by atoms with E-state index in [-0.39, 0.29) is 12.3 Å². The van der Waals surface area contributed by atoms with Crippen molar-refractivity contribution in [3.63, 3.8) is 0 Å². The van der Waals surface area contributed by atoms with E-state index in [0.29, 0.717) is 28.2 Å². The van der Waals surface area contributed by atoms with Gasteiger partial charge in [0.2, 0.25) is 0 Å². The van der Waals surface area contributed by atoms with Gasteiger partial charge in [0.15, 0.2) is 11.5 Å². The van der Waals surface area contributed by atoms with Gasteiger partial charge in [-0.25, -0.2) is 14.8 Å². The second-order valence-corrected chi connectivity index (χ2v) is 7.27. The number of pyridine rings is 1. The smallest absolute Gasteiger partial charge is 0.357 e. The average molecular weight is 454 g/mol. The largest absolute Gasteiger partial charge is 0.486 e. The number of para-hydroxylation sites is 1. The first-order chi connectivity index (χ1) is 16.6. The topological polar surface area (TPSA) is 110 Å². The van der Waals surface area contributed by atoms with Gasteiger partial charge in [-0.2, -0.15) is 0 Å². The van der Waals surface area contributed by atoms with Gasteiger partial charge in [0.1, 0.15) is 12.4 Å². The Morgan fingerprint density at radius 3 is 2.44 bits per heavy atom. The highest BCUT2D eigenvalue weighted by atomic mass is 16.5. The number of carbonyl (C=O) groups is 1. The SMILES string of the molecule is CN/C=C(\C(=N)c1ccc(OCc2nc(C(=O)OC)c3ccccc3n2)cc1)c1ccncc1. The molecule has 0 aliphatic carbocycles. The molecular weight excluding hydrogens is 430 g/mol. The van der Waals surface area contributed by atoms with Crippen LogP contribution in [0.25, 0.3) is 16.5 Å². The Labute approximate surface area is 196 Å². The van der Waals surface area contributed by atoms with E-state index in [1.807, 2.05) is 42.5 Å². The van der Waals surface area contributed by atoms with E-state index in [4.69, 9.17) is 14.9 Å². The molecule has 0 saturated carbocycles. The Bertz CT molecular complexity index is 1350. The fourth-order valence-corrected chi connectivity index (χ4v) is 3.44. The number of benzene rings is 2. The van der Waals surface area contributed by atoms with Crippen LogP contribution in [0.3, 0.4) is 0 Å². The predicted molar refractivity (Wildman–Crippen MR) is 130 cm³/mol. The number of fused-ring (bicyclic) bond motifs is 1. The average Bonchev–Trinajstić information content (AvgIpc) is 2.90. The third-order valence-corrected chi connectivity index (χ3v) is 5.09. The van der Waals surface area contributed by atoms with Crippen molar-refractivity contribution in [2.45, 2.75) is 6.61 Å². The zero-order chi connectivity index (χ0) is 23.9. The molecule has 0 unspecified atom stereocenters. The maximum absolute atomic E-state index is 12.2. The highest BCUT2D eigenvalue weighted by Gasteiger charge is 2.16.